The van der Waals surface area contributed by atoms with Gasteiger partial charge in [0.25, 0.3) is 5.69 Å². The van der Waals surface area contributed by atoms with Gasteiger partial charge < -0.3 is 9.88 Å². The van der Waals surface area contributed by atoms with Gasteiger partial charge in [0.2, 0.25) is 0 Å². The Bertz CT molecular complexity index is 816. The van der Waals surface area contributed by atoms with E-state index in [1.807, 2.05) is 10.8 Å². The van der Waals surface area contributed by atoms with Gasteiger partial charge in [0.15, 0.2) is 0 Å². The molecule has 3 rings (SSSR count). The lowest BCUT2D eigenvalue weighted by Gasteiger charge is -2.15. The third kappa shape index (κ3) is 3.28. The highest BCUT2D eigenvalue weighted by Gasteiger charge is 2.14. The summed E-state index contributed by atoms with van der Waals surface area (Å²) in [6.07, 6.45) is 8.67. The summed E-state index contributed by atoms with van der Waals surface area (Å²) < 4.78 is 2.03. The van der Waals surface area contributed by atoms with Crippen molar-refractivity contribution in [1.29, 1.82) is 0 Å². The topological polar surface area (TPSA) is 85.9 Å². The number of pyridine rings is 1. The summed E-state index contributed by atoms with van der Waals surface area (Å²) in [6.45, 7) is 3.76. The second kappa shape index (κ2) is 6.43. The molecule has 2 aromatic heterocycles. The first-order valence-electron chi connectivity index (χ1n) is 7.36. The number of nitrogens with zero attached hydrogens (tertiary/aromatic N) is 4. The van der Waals surface area contributed by atoms with Crippen LogP contribution in [0.3, 0.4) is 0 Å². The summed E-state index contributed by atoms with van der Waals surface area (Å²) in [6, 6.07) is 5.07. The van der Waals surface area contributed by atoms with Crippen LogP contribution in [0.2, 0.25) is 0 Å². The van der Waals surface area contributed by atoms with E-state index in [-0.39, 0.29) is 10.6 Å². The normalized spacial score (nSPS) is 12.2. The first-order valence-corrected chi connectivity index (χ1v) is 7.36. The molecule has 0 aliphatic heterocycles. The Hall–Kier alpha value is -2.96. The van der Waals surface area contributed by atoms with Gasteiger partial charge in [-0.1, -0.05) is 6.92 Å². The highest BCUT2D eigenvalue weighted by atomic mass is 16.6. The van der Waals surface area contributed by atoms with Gasteiger partial charge in [0, 0.05) is 55.0 Å². The fraction of sp³-hybridized carbons (Fsp3) is 0.250. The van der Waals surface area contributed by atoms with E-state index in [9.17, 15) is 10.1 Å². The number of hydrogen-bond donors (Lipinski definition) is 1. The van der Waals surface area contributed by atoms with Crippen LogP contribution in [0.1, 0.15) is 6.92 Å². The smallest absolute Gasteiger partial charge is 0.278 e. The third-order valence-electron chi connectivity index (χ3n) is 3.71. The molecule has 1 atom stereocenters. The van der Waals surface area contributed by atoms with Crippen LogP contribution >= 0.6 is 0 Å². The molecule has 0 radical (unpaired) electrons. The summed E-state index contributed by atoms with van der Waals surface area (Å²) in [5.74, 6) is 0.385. The van der Waals surface area contributed by atoms with Gasteiger partial charge in [-0.15, -0.1) is 0 Å². The molecule has 0 aliphatic rings. The Labute approximate surface area is 133 Å². The average molecular weight is 311 g/mol. The van der Waals surface area contributed by atoms with Crippen molar-refractivity contribution in [2.45, 2.75) is 13.5 Å². The number of anilines is 1. The number of hydrogen-bond acceptors (Lipinski definition) is 5. The van der Waals surface area contributed by atoms with Gasteiger partial charge in [0.1, 0.15) is 0 Å². The molecule has 0 saturated carbocycles. The Balaban J connectivity index is 1.78. The predicted octanol–water partition coefficient (Wildman–Crippen LogP) is 3.09. The highest BCUT2D eigenvalue weighted by molar-refractivity contribution is 5.99. The van der Waals surface area contributed by atoms with E-state index >= 15 is 0 Å². The minimum Gasteiger partial charge on any atom is -0.384 e. The molecule has 0 saturated heterocycles. The summed E-state index contributed by atoms with van der Waals surface area (Å²) in [7, 11) is 0. The van der Waals surface area contributed by atoms with Crippen LogP contribution in [0.4, 0.5) is 11.4 Å². The van der Waals surface area contributed by atoms with E-state index < -0.39 is 0 Å². The van der Waals surface area contributed by atoms with Crippen molar-refractivity contribution >= 4 is 22.1 Å². The molecule has 0 spiro atoms. The Morgan fingerprint density at radius 3 is 2.87 bits per heavy atom. The second-order valence-electron chi connectivity index (χ2n) is 5.56. The summed E-state index contributed by atoms with van der Waals surface area (Å²) in [5, 5.41) is 15.9. The molecule has 118 valence electrons. The number of nitro benzene ring substituents is 1. The fourth-order valence-electron chi connectivity index (χ4n) is 2.59. The molecule has 0 aliphatic carbocycles. The van der Waals surface area contributed by atoms with Gasteiger partial charge in [-0.2, -0.15) is 0 Å². The van der Waals surface area contributed by atoms with Crippen LogP contribution in [0.15, 0.2) is 49.3 Å². The van der Waals surface area contributed by atoms with Crippen molar-refractivity contribution in [2.75, 3.05) is 11.9 Å². The Morgan fingerprint density at radius 1 is 1.26 bits per heavy atom. The standard InChI is InChI=1S/C16H17N5O2/c1-12(10-20-7-6-18-11-20)8-19-15-2-3-16(21(22)23)14-9-17-5-4-13(14)15/h2-7,9,11-12,19H,8,10H2,1H3. The van der Waals surface area contributed by atoms with Crippen molar-refractivity contribution in [3.63, 3.8) is 0 Å². The molecule has 7 nitrogen and oxygen atoms in total. The molecule has 7 heteroatoms. The molecule has 0 amide bonds. The Morgan fingerprint density at radius 2 is 2.13 bits per heavy atom. The van der Waals surface area contributed by atoms with E-state index in [1.165, 1.54) is 12.3 Å². The Kier molecular flexibility index (Phi) is 4.18. The van der Waals surface area contributed by atoms with E-state index in [0.29, 0.717) is 11.3 Å². The molecular weight excluding hydrogens is 294 g/mol. The average Bonchev–Trinajstić information content (AvgIpc) is 3.05. The maximum atomic E-state index is 11.1. The first-order chi connectivity index (χ1) is 11.1. The van der Waals surface area contributed by atoms with Crippen LogP contribution in [0.25, 0.3) is 10.8 Å². The maximum Gasteiger partial charge on any atom is 0.278 e. The zero-order valence-corrected chi connectivity index (χ0v) is 12.7. The SMILES string of the molecule is CC(CNc1ccc([N+](=O)[O-])c2cnccc12)Cn1ccnc1. The summed E-state index contributed by atoms with van der Waals surface area (Å²) in [5.41, 5.74) is 0.954. The number of imidazole rings is 1. The number of aromatic nitrogens is 3. The molecule has 1 aromatic carbocycles. The molecule has 2 heterocycles. The van der Waals surface area contributed by atoms with Gasteiger partial charge in [-0.25, -0.2) is 4.98 Å². The maximum absolute atomic E-state index is 11.1. The number of nitrogens with one attached hydrogen (secondary N) is 1. The quantitative estimate of drug-likeness (QED) is 0.558. The predicted molar refractivity (Wildman–Crippen MR) is 88.3 cm³/mol. The van der Waals surface area contributed by atoms with E-state index in [4.69, 9.17) is 0 Å². The third-order valence-corrected chi connectivity index (χ3v) is 3.71. The number of fused-ring (bicyclic) bond motifs is 1. The van der Waals surface area contributed by atoms with Gasteiger partial charge in [0.05, 0.1) is 16.6 Å². The van der Waals surface area contributed by atoms with Gasteiger partial charge >= 0.3 is 0 Å². The summed E-state index contributed by atoms with van der Waals surface area (Å²) in [4.78, 5) is 18.8. The first kappa shape index (κ1) is 15.0. The van der Waals surface area contributed by atoms with Crippen LogP contribution in [0.5, 0.6) is 0 Å². The number of nitro groups is 1. The zero-order chi connectivity index (χ0) is 16.2. The molecular formula is C16H17N5O2. The lowest BCUT2D eigenvalue weighted by Crippen LogP contribution is -2.16. The van der Waals surface area contributed by atoms with Crippen molar-refractivity contribution < 1.29 is 4.92 Å². The second-order valence-corrected chi connectivity index (χ2v) is 5.56. The highest BCUT2D eigenvalue weighted by Crippen LogP contribution is 2.30. The molecule has 1 N–H and O–H groups in total. The largest absolute Gasteiger partial charge is 0.384 e. The zero-order valence-electron chi connectivity index (χ0n) is 12.7. The van der Waals surface area contributed by atoms with Crippen LogP contribution in [-0.2, 0) is 6.54 Å². The number of rotatable bonds is 6. The number of non-ortho nitro benzene ring substituents is 1. The van der Waals surface area contributed by atoms with Crippen molar-refractivity contribution in [2.24, 2.45) is 5.92 Å². The lowest BCUT2D eigenvalue weighted by molar-refractivity contribution is -0.383. The van der Waals surface area contributed by atoms with Gasteiger partial charge in [-0.05, 0) is 18.1 Å². The lowest BCUT2D eigenvalue weighted by atomic mass is 10.1. The molecule has 1 unspecified atom stereocenters. The molecule has 23 heavy (non-hydrogen) atoms. The minimum atomic E-state index is -0.380. The molecule has 3 aromatic rings. The monoisotopic (exact) mass is 311 g/mol. The van der Waals surface area contributed by atoms with E-state index in [1.54, 1.807) is 30.9 Å². The van der Waals surface area contributed by atoms with Crippen LogP contribution in [0, 0.1) is 16.0 Å². The number of benzene rings is 1. The van der Waals surface area contributed by atoms with Crippen LogP contribution in [-0.4, -0.2) is 26.0 Å². The van der Waals surface area contributed by atoms with Crippen molar-refractivity contribution in [3.8, 4) is 0 Å². The minimum absolute atomic E-state index is 0.0742. The van der Waals surface area contributed by atoms with E-state index in [2.05, 4.69) is 22.2 Å². The molecule has 0 fully saturated rings. The van der Waals surface area contributed by atoms with E-state index in [0.717, 1.165) is 24.2 Å². The van der Waals surface area contributed by atoms with Crippen molar-refractivity contribution in [3.05, 3.63) is 59.4 Å². The van der Waals surface area contributed by atoms with Gasteiger partial charge in [-0.3, -0.25) is 15.1 Å². The summed E-state index contributed by atoms with van der Waals surface area (Å²) >= 11 is 0. The molecule has 0 bridgehead atoms. The van der Waals surface area contributed by atoms with Crippen LogP contribution < -0.4 is 5.32 Å². The fourth-order valence-corrected chi connectivity index (χ4v) is 2.59. The van der Waals surface area contributed by atoms with Crippen molar-refractivity contribution in [1.82, 2.24) is 14.5 Å².